The van der Waals surface area contributed by atoms with E-state index >= 15 is 0 Å². The summed E-state index contributed by atoms with van der Waals surface area (Å²) in [6, 6.07) is 15.4. The van der Waals surface area contributed by atoms with Gasteiger partial charge in [0.1, 0.15) is 0 Å². The van der Waals surface area contributed by atoms with Crippen LogP contribution in [0.5, 0.6) is 0 Å². The number of hydrogen-bond donors (Lipinski definition) is 1. The molecular formula is C17H20N2. The van der Waals surface area contributed by atoms with Crippen molar-refractivity contribution in [1.29, 1.82) is 0 Å². The Kier molecular flexibility index (Phi) is 3.26. The Labute approximate surface area is 114 Å². The van der Waals surface area contributed by atoms with E-state index in [4.69, 9.17) is 5.73 Å². The van der Waals surface area contributed by atoms with Gasteiger partial charge in [0.2, 0.25) is 0 Å². The molecule has 0 saturated heterocycles. The Bertz CT molecular complexity index is 590. The molecule has 0 saturated carbocycles. The van der Waals surface area contributed by atoms with E-state index in [1.165, 1.54) is 34.4 Å². The van der Waals surface area contributed by atoms with Crippen molar-refractivity contribution >= 4 is 5.69 Å². The number of anilines is 1. The van der Waals surface area contributed by atoms with E-state index in [1.807, 2.05) is 0 Å². The standard InChI is InChI=1S/C17H20N2/c1-19-8-7-16-11-14(5-6-17(16)19)9-13-3-2-4-15(10-13)12-18/h2-6,10-11H,7-9,12,18H2,1H3. The van der Waals surface area contributed by atoms with E-state index in [9.17, 15) is 0 Å². The predicted octanol–water partition coefficient (Wildman–Crippen LogP) is 2.73. The SMILES string of the molecule is CN1CCc2cc(Cc3cccc(CN)c3)ccc21. The molecule has 2 aromatic carbocycles. The van der Waals surface area contributed by atoms with Crippen LogP contribution in [0.2, 0.25) is 0 Å². The molecular weight excluding hydrogens is 232 g/mol. The third-order valence-electron chi connectivity index (χ3n) is 3.91. The summed E-state index contributed by atoms with van der Waals surface area (Å²) in [6.45, 7) is 1.75. The molecule has 2 N–H and O–H groups in total. The van der Waals surface area contributed by atoms with Gasteiger partial charge in [-0.3, -0.25) is 0 Å². The lowest BCUT2D eigenvalue weighted by Gasteiger charge is -2.12. The number of rotatable bonds is 3. The minimum absolute atomic E-state index is 0.614. The van der Waals surface area contributed by atoms with Crippen LogP contribution in [-0.2, 0) is 19.4 Å². The molecule has 0 aromatic heterocycles. The summed E-state index contributed by atoms with van der Waals surface area (Å²) < 4.78 is 0. The van der Waals surface area contributed by atoms with Crippen LogP contribution in [-0.4, -0.2) is 13.6 Å². The molecule has 0 fully saturated rings. The molecule has 1 aliphatic rings. The lowest BCUT2D eigenvalue weighted by atomic mass is 10.0. The summed E-state index contributed by atoms with van der Waals surface area (Å²) in [4.78, 5) is 2.33. The molecule has 2 aromatic rings. The fraction of sp³-hybridized carbons (Fsp3) is 0.294. The minimum Gasteiger partial charge on any atom is -0.374 e. The van der Waals surface area contributed by atoms with E-state index in [0.29, 0.717) is 6.54 Å². The smallest absolute Gasteiger partial charge is 0.0397 e. The van der Waals surface area contributed by atoms with Gasteiger partial charge in [0.15, 0.2) is 0 Å². The van der Waals surface area contributed by atoms with Crippen molar-refractivity contribution in [3.05, 3.63) is 64.7 Å². The van der Waals surface area contributed by atoms with Crippen LogP contribution in [0.25, 0.3) is 0 Å². The van der Waals surface area contributed by atoms with Gasteiger partial charge in [-0.2, -0.15) is 0 Å². The van der Waals surface area contributed by atoms with Crippen molar-refractivity contribution in [1.82, 2.24) is 0 Å². The van der Waals surface area contributed by atoms with Gasteiger partial charge in [-0.1, -0.05) is 36.4 Å². The number of fused-ring (bicyclic) bond motifs is 1. The molecule has 2 heteroatoms. The van der Waals surface area contributed by atoms with Crippen molar-refractivity contribution in [2.24, 2.45) is 5.73 Å². The molecule has 0 atom stereocenters. The second-order valence-electron chi connectivity index (χ2n) is 5.34. The number of hydrogen-bond acceptors (Lipinski definition) is 2. The maximum absolute atomic E-state index is 5.70. The minimum atomic E-state index is 0.614. The highest BCUT2D eigenvalue weighted by atomic mass is 15.1. The molecule has 0 amide bonds. The highest BCUT2D eigenvalue weighted by Crippen LogP contribution is 2.28. The zero-order chi connectivity index (χ0) is 13.2. The third-order valence-corrected chi connectivity index (χ3v) is 3.91. The lowest BCUT2D eigenvalue weighted by molar-refractivity contribution is 0.955. The molecule has 98 valence electrons. The van der Waals surface area contributed by atoms with E-state index in [0.717, 1.165) is 13.0 Å². The van der Waals surface area contributed by atoms with Crippen LogP contribution < -0.4 is 10.6 Å². The Balaban J connectivity index is 1.83. The van der Waals surface area contributed by atoms with Gasteiger partial charge < -0.3 is 10.6 Å². The number of nitrogens with two attached hydrogens (primary N) is 1. The molecule has 1 heterocycles. The molecule has 0 unspecified atom stereocenters. The number of benzene rings is 2. The fourth-order valence-corrected chi connectivity index (χ4v) is 2.83. The summed E-state index contributed by atoms with van der Waals surface area (Å²) in [5.74, 6) is 0. The second-order valence-corrected chi connectivity index (χ2v) is 5.34. The highest BCUT2D eigenvalue weighted by Gasteiger charge is 2.15. The third kappa shape index (κ3) is 2.49. The van der Waals surface area contributed by atoms with Crippen LogP contribution in [0, 0.1) is 0 Å². The fourth-order valence-electron chi connectivity index (χ4n) is 2.83. The molecule has 19 heavy (non-hydrogen) atoms. The van der Waals surface area contributed by atoms with Crippen LogP contribution in [0.1, 0.15) is 22.3 Å². The quantitative estimate of drug-likeness (QED) is 0.910. The Hall–Kier alpha value is -1.80. The molecule has 0 spiro atoms. The summed E-state index contributed by atoms with van der Waals surface area (Å²) in [5.41, 5.74) is 12.5. The average Bonchev–Trinajstić information content (AvgIpc) is 2.80. The summed E-state index contributed by atoms with van der Waals surface area (Å²) >= 11 is 0. The zero-order valence-electron chi connectivity index (χ0n) is 11.4. The average molecular weight is 252 g/mol. The van der Waals surface area contributed by atoms with Gasteiger partial charge in [0.05, 0.1) is 0 Å². The first-order valence-electron chi connectivity index (χ1n) is 6.87. The largest absolute Gasteiger partial charge is 0.374 e. The topological polar surface area (TPSA) is 29.3 Å². The molecule has 2 nitrogen and oxygen atoms in total. The van der Waals surface area contributed by atoms with Crippen molar-refractivity contribution < 1.29 is 0 Å². The first kappa shape index (κ1) is 12.2. The molecule has 3 rings (SSSR count). The highest BCUT2D eigenvalue weighted by molar-refractivity contribution is 5.58. The maximum atomic E-state index is 5.70. The summed E-state index contributed by atoms with van der Waals surface area (Å²) in [5, 5.41) is 0. The summed E-state index contributed by atoms with van der Waals surface area (Å²) in [7, 11) is 2.16. The van der Waals surface area contributed by atoms with Crippen molar-refractivity contribution in [3.63, 3.8) is 0 Å². The predicted molar refractivity (Wildman–Crippen MR) is 80.6 cm³/mol. The molecule has 0 bridgehead atoms. The van der Waals surface area contributed by atoms with Crippen LogP contribution in [0.4, 0.5) is 5.69 Å². The number of likely N-dealkylation sites (N-methyl/N-ethyl adjacent to an activating group) is 1. The maximum Gasteiger partial charge on any atom is 0.0397 e. The first-order chi connectivity index (χ1) is 9.26. The van der Waals surface area contributed by atoms with Gasteiger partial charge in [-0.05, 0) is 41.2 Å². The van der Waals surface area contributed by atoms with Gasteiger partial charge in [0, 0.05) is 25.8 Å². The second kappa shape index (κ2) is 5.06. The monoisotopic (exact) mass is 252 g/mol. The Morgan fingerprint density at radius 1 is 1.05 bits per heavy atom. The van der Waals surface area contributed by atoms with E-state index in [1.54, 1.807) is 0 Å². The molecule has 0 radical (unpaired) electrons. The Morgan fingerprint density at radius 2 is 1.84 bits per heavy atom. The van der Waals surface area contributed by atoms with Crippen LogP contribution >= 0.6 is 0 Å². The Morgan fingerprint density at radius 3 is 2.68 bits per heavy atom. The van der Waals surface area contributed by atoms with E-state index in [2.05, 4.69) is 54.4 Å². The van der Waals surface area contributed by atoms with E-state index in [-0.39, 0.29) is 0 Å². The normalized spacial score (nSPS) is 13.7. The molecule has 0 aliphatic carbocycles. The number of nitrogens with zero attached hydrogens (tertiary/aromatic N) is 1. The van der Waals surface area contributed by atoms with Crippen LogP contribution in [0.3, 0.4) is 0 Å². The van der Waals surface area contributed by atoms with Crippen molar-refractivity contribution in [3.8, 4) is 0 Å². The summed E-state index contributed by atoms with van der Waals surface area (Å²) in [6.07, 6.45) is 2.16. The van der Waals surface area contributed by atoms with Gasteiger partial charge >= 0.3 is 0 Å². The van der Waals surface area contributed by atoms with Gasteiger partial charge in [0.25, 0.3) is 0 Å². The first-order valence-corrected chi connectivity index (χ1v) is 6.87. The molecule has 1 aliphatic heterocycles. The van der Waals surface area contributed by atoms with Crippen LogP contribution in [0.15, 0.2) is 42.5 Å². The van der Waals surface area contributed by atoms with Gasteiger partial charge in [-0.15, -0.1) is 0 Å². The van der Waals surface area contributed by atoms with Crippen molar-refractivity contribution in [2.45, 2.75) is 19.4 Å². The van der Waals surface area contributed by atoms with Crippen molar-refractivity contribution in [2.75, 3.05) is 18.5 Å². The van der Waals surface area contributed by atoms with E-state index < -0.39 is 0 Å². The van der Waals surface area contributed by atoms with Gasteiger partial charge in [-0.25, -0.2) is 0 Å². The zero-order valence-corrected chi connectivity index (χ0v) is 11.4. The lowest BCUT2D eigenvalue weighted by Crippen LogP contribution is -2.12.